The van der Waals surface area contributed by atoms with Crippen LogP contribution in [0.4, 0.5) is 5.69 Å². The summed E-state index contributed by atoms with van der Waals surface area (Å²) in [6.45, 7) is 0.900. The zero-order chi connectivity index (χ0) is 20.2. The fourth-order valence-electron chi connectivity index (χ4n) is 3.38. The van der Waals surface area contributed by atoms with E-state index in [4.69, 9.17) is 9.68 Å². The third kappa shape index (κ3) is 3.89. The summed E-state index contributed by atoms with van der Waals surface area (Å²) in [5.74, 6) is 0.159. The molecule has 1 aliphatic rings. The van der Waals surface area contributed by atoms with E-state index >= 15 is 0 Å². The molecule has 0 fully saturated rings. The Morgan fingerprint density at radius 1 is 1.17 bits per heavy atom. The quantitative estimate of drug-likeness (QED) is 0.697. The lowest BCUT2D eigenvalue weighted by Gasteiger charge is -2.17. The smallest absolute Gasteiger partial charge is 0.287 e. The maximum atomic E-state index is 12.8. The van der Waals surface area contributed by atoms with Crippen LogP contribution in [0.25, 0.3) is 0 Å². The second kappa shape index (κ2) is 8.02. The number of anilines is 1. The molecule has 0 saturated carbocycles. The van der Waals surface area contributed by atoms with Gasteiger partial charge >= 0.3 is 0 Å². The van der Waals surface area contributed by atoms with E-state index in [0.29, 0.717) is 30.0 Å². The number of fused-ring (bicyclic) bond motifs is 1. The van der Waals surface area contributed by atoms with Gasteiger partial charge in [0.15, 0.2) is 11.5 Å². The van der Waals surface area contributed by atoms with Crippen LogP contribution in [-0.4, -0.2) is 21.4 Å². The Labute approximate surface area is 167 Å². The summed E-state index contributed by atoms with van der Waals surface area (Å²) in [6.07, 6.45) is 4.11. The molecule has 2 aromatic heterocycles. The molecule has 0 unspecified atom stereocenters. The second-order valence-corrected chi connectivity index (χ2v) is 6.74. The predicted molar refractivity (Wildman–Crippen MR) is 104 cm³/mol. The summed E-state index contributed by atoms with van der Waals surface area (Å²) >= 11 is 0. The van der Waals surface area contributed by atoms with Crippen LogP contribution in [-0.2, 0) is 19.5 Å². The Balaban J connectivity index is 1.55. The molecule has 8 heteroatoms. The number of nitriles is 1. The number of nitrogens with one attached hydrogen (secondary N) is 2. The SMILES string of the molecule is N#Cc1ccc(NC(=O)c2nc(C(=O)NCc3ccco3)n3c2CCCC3)cc1. The van der Waals surface area contributed by atoms with Gasteiger partial charge in [0.2, 0.25) is 0 Å². The number of rotatable bonds is 5. The molecule has 0 saturated heterocycles. The molecule has 0 aliphatic carbocycles. The lowest BCUT2D eigenvalue weighted by atomic mass is 10.1. The highest BCUT2D eigenvalue weighted by atomic mass is 16.3. The molecular formula is C21H19N5O3. The first-order valence-electron chi connectivity index (χ1n) is 9.37. The minimum Gasteiger partial charge on any atom is -0.467 e. The second-order valence-electron chi connectivity index (χ2n) is 6.74. The zero-order valence-electron chi connectivity index (χ0n) is 15.6. The summed E-state index contributed by atoms with van der Waals surface area (Å²) in [4.78, 5) is 29.9. The number of aromatic nitrogens is 2. The van der Waals surface area contributed by atoms with Crippen molar-refractivity contribution in [1.29, 1.82) is 5.26 Å². The molecule has 3 aromatic rings. The maximum absolute atomic E-state index is 12.8. The number of carbonyl (C=O) groups is 2. The maximum Gasteiger partial charge on any atom is 0.287 e. The van der Waals surface area contributed by atoms with Crippen LogP contribution in [0.3, 0.4) is 0 Å². The van der Waals surface area contributed by atoms with E-state index in [9.17, 15) is 9.59 Å². The largest absolute Gasteiger partial charge is 0.467 e. The van der Waals surface area contributed by atoms with E-state index in [1.165, 1.54) is 0 Å². The van der Waals surface area contributed by atoms with Crippen LogP contribution < -0.4 is 10.6 Å². The lowest BCUT2D eigenvalue weighted by Crippen LogP contribution is -2.27. The molecule has 0 bridgehead atoms. The predicted octanol–water partition coefficient (Wildman–Crippen LogP) is 2.87. The van der Waals surface area contributed by atoms with Crippen molar-refractivity contribution in [2.24, 2.45) is 0 Å². The minimum absolute atomic E-state index is 0.233. The summed E-state index contributed by atoms with van der Waals surface area (Å²) in [5, 5.41) is 14.5. The summed E-state index contributed by atoms with van der Waals surface area (Å²) < 4.78 is 7.06. The first kappa shape index (κ1) is 18.5. The van der Waals surface area contributed by atoms with Gasteiger partial charge in [-0.1, -0.05) is 0 Å². The molecule has 2 N–H and O–H groups in total. The molecule has 0 atom stereocenters. The monoisotopic (exact) mass is 389 g/mol. The molecule has 29 heavy (non-hydrogen) atoms. The Hall–Kier alpha value is -3.86. The number of imidazole rings is 1. The van der Waals surface area contributed by atoms with Crippen molar-refractivity contribution in [3.63, 3.8) is 0 Å². The van der Waals surface area contributed by atoms with Crippen molar-refractivity contribution >= 4 is 17.5 Å². The van der Waals surface area contributed by atoms with E-state index in [-0.39, 0.29) is 29.9 Å². The van der Waals surface area contributed by atoms with Crippen LogP contribution in [0.2, 0.25) is 0 Å². The molecule has 146 valence electrons. The van der Waals surface area contributed by atoms with Crippen molar-refractivity contribution in [3.8, 4) is 6.07 Å². The van der Waals surface area contributed by atoms with E-state index < -0.39 is 0 Å². The lowest BCUT2D eigenvalue weighted by molar-refractivity contribution is 0.0932. The van der Waals surface area contributed by atoms with Gasteiger partial charge in [0.1, 0.15) is 5.76 Å². The average molecular weight is 389 g/mol. The molecular weight excluding hydrogens is 370 g/mol. The van der Waals surface area contributed by atoms with Crippen LogP contribution in [0.15, 0.2) is 47.1 Å². The third-order valence-electron chi connectivity index (χ3n) is 4.81. The number of amides is 2. The zero-order valence-corrected chi connectivity index (χ0v) is 15.6. The van der Waals surface area contributed by atoms with E-state index in [1.54, 1.807) is 42.7 Å². The Kier molecular flexibility index (Phi) is 5.12. The fraction of sp³-hybridized carbons (Fsp3) is 0.238. The van der Waals surface area contributed by atoms with Gasteiger partial charge in [-0.3, -0.25) is 9.59 Å². The third-order valence-corrected chi connectivity index (χ3v) is 4.81. The molecule has 0 radical (unpaired) electrons. The van der Waals surface area contributed by atoms with Crippen LogP contribution in [0, 0.1) is 11.3 Å². The molecule has 2 amide bonds. The van der Waals surface area contributed by atoms with Crippen molar-refractivity contribution in [2.75, 3.05) is 5.32 Å². The number of carbonyl (C=O) groups excluding carboxylic acids is 2. The van der Waals surface area contributed by atoms with Gasteiger partial charge in [-0.2, -0.15) is 5.26 Å². The number of hydrogen-bond donors (Lipinski definition) is 2. The van der Waals surface area contributed by atoms with Gasteiger partial charge in [-0.15, -0.1) is 0 Å². The van der Waals surface area contributed by atoms with E-state index in [0.717, 1.165) is 18.5 Å². The summed E-state index contributed by atoms with van der Waals surface area (Å²) in [6, 6.07) is 12.2. The summed E-state index contributed by atoms with van der Waals surface area (Å²) in [7, 11) is 0. The number of hydrogen-bond acceptors (Lipinski definition) is 5. The van der Waals surface area contributed by atoms with Gasteiger partial charge in [0.05, 0.1) is 30.1 Å². The molecule has 8 nitrogen and oxygen atoms in total. The van der Waals surface area contributed by atoms with Gasteiger partial charge in [-0.05, 0) is 55.7 Å². The van der Waals surface area contributed by atoms with Gasteiger partial charge < -0.3 is 19.6 Å². The Bertz CT molecular complexity index is 1070. The molecule has 1 aromatic carbocycles. The van der Waals surface area contributed by atoms with Crippen molar-refractivity contribution < 1.29 is 14.0 Å². The van der Waals surface area contributed by atoms with Crippen molar-refractivity contribution in [3.05, 3.63) is 71.2 Å². The Morgan fingerprint density at radius 3 is 2.72 bits per heavy atom. The Morgan fingerprint density at radius 2 is 2.00 bits per heavy atom. The highest BCUT2D eigenvalue weighted by Gasteiger charge is 2.27. The molecule has 1 aliphatic heterocycles. The fourth-order valence-corrected chi connectivity index (χ4v) is 3.38. The van der Waals surface area contributed by atoms with E-state index in [2.05, 4.69) is 15.6 Å². The minimum atomic E-state index is -0.370. The molecule has 4 rings (SSSR count). The summed E-state index contributed by atoms with van der Waals surface area (Å²) in [5.41, 5.74) is 2.11. The molecule has 0 spiro atoms. The first-order chi connectivity index (χ1) is 14.2. The highest BCUT2D eigenvalue weighted by molar-refractivity contribution is 6.05. The first-order valence-corrected chi connectivity index (χ1v) is 9.37. The van der Waals surface area contributed by atoms with Crippen LogP contribution in [0.5, 0.6) is 0 Å². The van der Waals surface area contributed by atoms with Crippen molar-refractivity contribution in [1.82, 2.24) is 14.9 Å². The van der Waals surface area contributed by atoms with Crippen molar-refractivity contribution in [2.45, 2.75) is 32.4 Å². The number of furan rings is 1. The van der Waals surface area contributed by atoms with Gasteiger partial charge in [0, 0.05) is 12.2 Å². The van der Waals surface area contributed by atoms with Crippen LogP contribution in [0.1, 0.15) is 51.0 Å². The van der Waals surface area contributed by atoms with E-state index in [1.807, 2.05) is 10.6 Å². The van der Waals surface area contributed by atoms with Crippen LogP contribution >= 0.6 is 0 Å². The topological polar surface area (TPSA) is 113 Å². The molecule has 3 heterocycles. The standard InChI is InChI=1S/C21H19N5O3/c22-12-14-6-8-15(9-7-14)24-20(27)18-17-5-1-2-10-26(17)19(25-18)21(28)23-13-16-4-3-11-29-16/h3-4,6-9,11H,1-2,5,10,13H2,(H,23,28)(H,24,27). The average Bonchev–Trinajstić information content (AvgIpc) is 3.40. The number of benzene rings is 1. The highest BCUT2D eigenvalue weighted by Crippen LogP contribution is 2.22. The van der Waals surface area contributed by atoms with Gasteiger partial charge in [0.25, 0.3) is 11.8 Å². The number of nitrogens with zero attached hydrogens (tertiary/aromatic N) is 3. The normalized spacial score (nSPS) is 12.7. The van der Waals surface area contributed by atoms with Gasteiger partial charge in [-0.25, -0.2) is 4.98 Å².